The lowest BCUT2D eigenvalue weighted by atomic mass is 10.1. The number of benzene rings is 1. The minimum atomic E-state index is -0.516. The van der Waals surface area contributed by atoms with Crippen LogP contribution in [-0.4, -0.2) is 35.2 Å². The van der Waals surface area contributed by atoms with Crippen molar-refractivity contribution in [2.75, 3.05) is 19.8 Å². The first-order chi connectivity index (χ1) is 16.0. The van der Waals surface area contributed by atoms with Gasteiger partial charge < -0.3 is 10.1 Å². The Kier molecular flexibility index (Phi) is 8.30. The molecular formula is C25H26N4O3S. The normalized spacial score (nSPS) is 12.4. The minimum absolute atomic E-state index is 0.103. The Hall–Kier alpha value is -3.54. The van der Waals surface area contributed by atoms with Crippen molar-refractivity contribution in [2.45, 2.75) is 27.2 Å². The van der Waals surface area contributed by atoms with Gasteiger partial charge in [-0.15, -0.1) is 11.3 Å². The van der Waals surface area contributed by atoms with Gasteiger partial charge in [0.15, 0.2) is 5.57 Å². The van der Waals surface area contributed by atoms with E-state index in [1.165, 1.54) is 4.57 Å². The second kappa shape index (κ2) is 11.4. The first-order valence-corrected chi connectivity index (χ1v) is 11.5. The van der Waals surface area contributed by atoms with Gasteiger partial charge in [-0.3, -0.25) is 19.1 Å². The molecule has 1 amide bonds. The Labute approximate surface area is 196 Å². The third kappa shape index (κ3) is 5.83. The zero-order chi connectivity index (χ0) is 23.8. The molecular weight excluding hydrogens is 436 g/mol. The third-order valence-electron chi connectivity index (χ3n) is 4.89. The molecule has 0 atom stereocenters. The molecule has 0 fully saturated rings. The van der Waals surface area contributed by atoms with Crippen LogP contribution in [0.5, 0.6) is 0 Å². The van der Waals surface area contributed by atoms with E-state index in [1.807, 2.05) is 51.1 Å². The number of carbonyl (C=O) groups is 1. The number of amides is 1. The monoisotopic (exact) mass is 462 g/mol. The Balaban J connectivity index is 2.19. The van der Waals surface area contributed by atoms with Crippen molar-refractivity contribution in [1.82, 2.24) is 14.9 Å². The maximum atomic E-state index is 13.5. The summed E-state index contributed by atoms with van der Waals surface area (Å²) in [6, 6.07) is 13.1. The lowest BCUT2D eigenvalue weighted by Gasteiger charge is -2.09. The third-order valence-corrected chi connectivity index (χ3v) is 5.98. The van der Waals surface area contributed by atoms with Crippen LogP contribution >= 0.6 is 11.3 Å². The second-order valence-electron chi connectivity index (χ2n) is 7.39. The smallest absolute Gasteiger partial charge is 0.273 e. The van der Waals surface area contributed by atoms with E-state index in [0.717, 1.165) is 22.5 Å². The summed E-state index contributed by atoms with van der Waals surface area (Å²) in [5.74, 6) is -0.516. The molecule has 2 heterocycles. The van der Waals surface area contributed by atoms with Crippen LogP contribution in [0.3, 0.4) is 0 Å². The summed E-state index contributed by atoms with van der Waals surface area (Å²) < 4.78 is 7.42. The molecule has 170 valence electrons. The van der Waals surface area contributed by atoms with Crippen molar-refractivity contribution >= 4 is 28.9 Å². The van der Waals surface area contributed by atoms with Gasteiger partial charge in [-0.1, -0.05) is 23.8 Å². The van der Waals surface area contributed by atoms with Gasteiger partial charge in [0, 0.05) is 26.0 Å². The Morgan fingerprint density at radius 1 is 1.30 bits per heavy atom. The van der Waals surface area contributed by atoms with Gasteiger partial charge in [0.2, 0.25) is 0 Å². The molecule has 33 heavy (non-hydrogen) atoms. The molecule has 0 saturated carbocycles. The number of hydrogen-bond donors (Lipinski definition) is 1. The topological polar surface area (TPSA) is 97.0 Å². The van der Waals surface area contributed by atoms with Crippen LogP contribution in [0.15, 0.2) is 47.4 Å². The number of rotatable bonds is 8. The van der Waals surface area contributed by atoms with Gasteiger partial charge in [0.25, 0.3) is 11.5 Å². The number of nitrogens with one attached hydrogen (secondary N) is 1. The predicted molar refractivity (Wildman–Crippen MR) is 130 cm³/mol. The Morgan fingerprint density at radius 2 is 2.12 bits per heavy atom. The first-order valence-electron chi connectivity index (χ1n) is 10.7. The number of hydrogen-bond acceptors (Lipinski definition) is 6. The van der Waals surface area contributed by atoms with Crippen LogP contribution in [-0.2, 0) is 9.53 Å². The Bertz CT molecular complexity index is 1350. The quantitative estimate of drug-likeness (QED) is 0.516. The highest BCUT2D eigenvalue weighted by Crippen LogP contribution is 2.13. The highest BCUT2D eigenvalue weighted by atomic mass is 32.1. The highest BCUT2D eigenvalue weighted by molar-refractivity contribution is 7.07. The maximum Gasteiger partial charge on any atom is 0.273 e. The number of thiazole rings is 1. The summed E-state index contributed by atoms with van der Waals surface area (Å²) in [5.41, 5.74) is 2.77. The second-order valence-corrected chi connectivity index (χ2v) is 8.42. The molecule has 3 aromatic rings. The van der Waals surface area contributed by atoms with E-state index in [9.17, 15) is 14.9 Å². The molecule has 0 spiro atoms. The van der Waals surface area contributed by atoms with Gasteiger partial charge in [-0.2, -0.15) is 5.26 Å². The fourth-order valence-electron chi connectivity index (χ4n) is 3.33. The van der Waals surface area contributed by atoms with Crippen LogP contribution < -0.4 is 20.1 Å². The fraction of sp³-hybridized carbons (Fsp3) is 0.280. The summed E-state index contributed by atoms with van der Waals surface area (Å²) in [6.45, 7) is 7.28. The largest absolute Gasteiger partial charge is 0.382 e. The lowest BCUT2D eigenvalue weighted by molar-refractivity contribution is -0.115. The number of pyridine rings is 1. The average Bonchev–Trinajstić information content (AvgIpc) is 3.10. The SMILES string of the molecule is CCOCCCNC(=O)C(C#N)=c1sc(=Cc2ccccn2)c(=O)n1-c1ccc(C)cc1C. The number of nitrogens with zero attached hydrogens (tertiary/aromatic N) is 3. The molecule has 0 aliphatic heterocycles. The lowest BCUT2D eigenvalue weighted by Crippen LogP contribution is -2.34. The van der Waals surface area contributed by atoms with Crippen molar-refractivity contribution in [3.63, 3.8) is 0 Å². The molecule has 7 nitrogen and oxygen atoms in total. The average molecular weight is 463 g/mol. The van der Waals surface area contributed by atoms with E-state index in [4.69, 9.17) is 4.74 Å². The summed E-state index contributed by atoms with van der Waals surface area (Å²) >= 11 is 1.11. The molecule has 0 unspecified atom stereocenters. The Morgan fingerprint density at radius 3 is 2.79 bits per heavy atom. The number of carbonyl (C=O) groups excluding carboxylic acids is 1. The fourth-order valence-corrected chi connectivity index (χ4v) is 4.40. The van der Waals surface area contributed by atoms with Crippen LogP contribution in [0.2, 0.25) is 0 Å². The highest BCUT2D eigenvalue weighted by Gasteiger charge is 2.17. The van der Waals surface area contributed by atoms with Gasteiger partial charge >= 0.3 is 0 Å². The number of aryl methyl sites for hydroxylation is 2. The molecule has 0 saturated heterocycles. The van der Waals surface area contributed by atoms with E-state index in [2.05, 4.69) is 10.3 Å². The summed E-state index contributed by atoms with van der Waals surface area (Å²) in [5, 5.41) is 12.6. The van der Waals surface area contributed by atoms with E-state index in [1.54, 1.807) is 24.4 Å². The summed E-state index contributed by atoms with van der Waals surface area (Å²) in [7, 11) is 0. The molecule has 2 aromatic heterocycles. The van der Waals surface area contributed by atoms with Gasteiger partial charge in [-0.05, 0) is 57.0 Å². The van der Waals surface area contributed by atoms with Gasteiger partial charge in [0.1, 0.15) is 10.7 Å². The van der Waals surface area contributed by atoms with Gasteiger partial charge in [-0.25, -0.2) is 0 Å². The van der Waals surface area contributed by atoms with Crippen LogP contribution in [0.1, 0.15) is 30.2 Å². The van der Waals surface area contributed by atoms with Crippen molar-refractivity contribution in [3.05, 3.63) is 79.0 Å². The van der Waals surface area contributed by atoms with Crippen LogP contribution in [0, 0.1) is 25.2 Å². The molecule has 0 aliphatic rings. The van der Waals surface area contributed by atoms with E-state index < -0.39 is 5.91 Å². The molecule has 1 N–H and O–H groups in total. The maximum absolute atomic E-state index is 13.5. The zero-order valence-electron chi connectivity index (χ0n) is 18.9. The molecule has 3 rings (SSSR count). The van der Waals surface area contributed by atoms with E-state index in [0.29, 0.717) is 46.8 Å². The molecule has 0 bridgehead atoms. The predicted octanol–water partition coefficient (Wildman–Crippen LogP) is 1.96. The van der Waals surface area contributed by atoms with Crippen molar-refractivity contribution in [2.24, 2.45) is 0 Å². The minimum Gasteiger partial charge on any atom is -0.382 e. The molecule has 0 aliphatic carbocycles. The van der Waals surface area contributed by atoms with Crippen LogP contribution in [0.4, 0.5) is 0 Å². The van der Waals surface area contributed by atoms with Crippen LogP contribution in [0.25, 0.3) is 17.3 Å². The first kappa shape index (κ1) is 24.1. The standard InChI is InChI=1S/C25H26N4O3S/c1-4-32-13-7-12-28-23(30)20(16-26)25-29(21-10-9-17(2)14-18(21)3)24(31)22(33-25)15-19-8-5-6-11-27-19/h5-6,8-11,14-15H,4,7,12-13H2,1-3H3,(H,28,30). The number of aromatic nitrogens is 2. The van der Waals surface area contributed by atoms with Crippen molar-refractivity contribution < 1.29 is 9.53 Å². The number of ether oxygens (including phenoxy) is 1. The van der Waals surface area contributed by atoms with E-state index in [-0.39, 0.29) is 11.1 Å². The summed E-state index contributed by atoms with van der Waals surface area (Å²) in [6.07, 6.45) is 3.95. The van der Waals surface area contributed by atoms with Gasteiger partial charge in [0.05, 0.1) is 15.9 Å². The number of nitriles is 1. The van der Waals surface area contributed by atoms with E-state index >= 15 is 0 Å². The van der Waals surface area contributed by atoms with Crippen molar-refractivity contribution in [3.8, 4) is 11.8 Å². The molecule has 1 aromatic carbocycles. The zero-order valence-corrected chi connectivity index (χ0v) is 19.7. The molecule has 8 heteroatoms. The van der Waals surface area contributed by atoms with Crippen molar-refractivity contribution in [1.29, 1.82) is 5.26 Å². The summed E-state index contributed by atoms with van der Waals surface area (Å²) in [4.78, 5) is 30.6. The molecule has 0 radical (unpaired) electrons.